The number of aryl methyl sites for hydroxylation is 2. The van der Waals surface area contributed by atoms with Gasteiger partial charge in [0.2, 0.25) is 0 Å². The predicted octanol–water partition coefficient (Wildman–Crippen LogP) is 4.45. The molecule has 2 aromatic heterocycles. The highest BCUT2D eigenvalue weighted by Crippen LogP contribution is 2.33. The monoisotopic (exact) mass is 420 g/mol. The molecule has 7 heteroatoms. The van der Waals surface area contributed by atoms with E-state index in [1.807, 2.05) is 6.07 Å². The fourth-order valence-corrected chi connectivity index (χ4v) is 5.24. The van der Waals surface area contributed by atoms with Crippen LogP contribution in [0.15, 0.2) is 33.5 Å². The highest BCUT2D eigenvalue weighted by atomic mass is 79.9. The Balaban J connectivity index is 2.00. The van der Waals surface area contributed by atoms with Crippen molar-refractivity contribution in [2.45, 2.75) is 25.7 Å². The van der Waals surface area contributed by atoms with Crippen LogP contribution in [0.4, 0.5) is 0 Å². The minimum atomic E-state index is -0.411. The molecule has 24 heavy (non-hydrogen) atoms. The number of carbonyl (C=O) groups is 1. The largest absolute Gasteiger partial charge is 0.323 e. The van der Waals surface area contributed by atoms with Crippen molar-refractivity contribution in [3.63, 3.8) is 0 Å². The van der Waals surface area contributed by atoms with Crippen LogP contribution in [0.5, 0.6) is 0 Å². The number of nitrogens with zero attached hydrogens (tertiary/aromatic N) is 1. The first-order valence-electron chi connectivity index (χ1n) is 7.66. The lowest BCUT2D eigenvalue weighted by Crippen LogP contribution is -2.29. The number of hydrogen-bond acceptors (Lipinski definition) is 4. The fourth-order valence-electron chi connectivity index (χ4n) is 3.18. The Morgan fingerprint density at radius 2 is 2.00 bits per heavy atom. The molecule has 2 heterocycles. The third-order valence-electron chi connectivity index (χ3n) is 4.32. The summed E-state index contributed by atoms with van der Waals surface area (Å²) in [4.78, 5) is 31.1. The molecular weight excluding hydrogens is 408 g/mol. The van der Waals surface area contributed by atoms with Crippen LogP contribution in [0.3, 0.4) is 0 Å². The number of halogens is 1. The summed E-state index contributed by atoms with van der Waals surface area (Å²) in [5.41, 5.74) is 1.20. The van der Waals surface area contributed by atoms with E-state index < -0.39 is 5.91 Å². The SMILES string of the molecule is O=C(c1ccccc1Br)n1c(=S)[nH]c2sc3c(c2c1=O)CCCC3. The van der Waals surface area contributed by atoms with Crippen molar-refractivity contribution in [1.82, 2.24) is 9.55 Å². The summed E-state index contributed by atoms with van der Waals surface area (Å²) in [7, 11) is 0. The van der Waals surface area contributed by atoms with Gasteiger partial charge in [0.25, 0.3) is 11.5 Å². The Labute approximate surface area is 155 Å². The third kappa shape index (κ3) is 2.42. The van der Waals surface area contributed by atoms with Gasteiger partial charge in [-0.1, -0.05) is 12.1 Å². The second-order valence-corrected chi connectivity index (χ2v) is 8.12. The summed E-state index contributed by atoms with van der Waals surface area (Å²) < 4.78 is 1.87. The van der Waals surface area contributed by atoms with E-state index in [1.54, 1.807) is 29.5 Å². The zero-order valence-electron chi connectivity index (χ0n) is 12.6. The van der Waals surface area contributed by atoms with Crippen LogP contribution >= 0.6 is 39.5 Å². The van der Waals surface area contributed by atoms with Gasteiger partial charge >= 0.3 is 0 Å². The Kier molecular flexibility index (Phi) is 4.02. The van der Waals surface area contributed by atoms with Crippen LogP contribution in [0.1, 0.15) is 33.6 Å². The van der Waals surface area contributed by atoms with Gasteiger partial charge < -0.3 is 4.98 Å². The molecule has 0 spiro atoms. The van der Waals surface area contributed by atoms with Gasteiger partial charge in [0.1, 0.15) is 4.83 Å². The van der Waals surface area contributed by atoms with E-state index in [1.165, 1.54) is 4.88 Å². The molecule has 1 aliphatic carbocycles. The van der Waals surface area contributed by atoms with Crippen LogP contribution in [0.25, 0.3) is 10.2 Å². The van der Waals surface area contributed by atoms with Crippen molar-refractivity contribution in [2.24, 2.45) is 0 Å². The molecule has 4 rings (SSSR count). The van der Waals surface area contributed by atoms with Gasteiger partial charge in [-0.2, -0.15) is 0 Å². The van der Waals surface area contributed by atoms with Crippen LogP contribution in [0, 0.1) is 4.77 Å². The molecule has 4 nitrogen and oxygen atoms in total. The lowest BCUT2D eigenvalue weighted by molar-refractivity contribution is 0.0953. The van der Waals surface area contributed by atoms with Gasteiger partial charge in [0.05, 0.1) is 10.9 Å². The minimum absolute atomic E-state index is 0.145. The summed E-state index contributed by atoms with van der Waals surface area (Å²) in [5.74, 6) is -0.411. The van der Waals surface area contributed by atoms with Crippen molar-refractivity contribution in [2.75, 3.05) is 0 Å². The molecule has 0 saturated heterocycles. The molecule has 0 fully saturated rings. The molecule has 0 unspecified atom stereocenters. The molecule has 1 N–H and O–H groups in total. The van der Waals surface area contributed by atoms with Gasteiger partial charge in [-0.3, -0.25) is 9.59 Å². The van der Waals surface area contributed by atoms with Crippen LogP contribution in [0.2, 0.25) is 0 Å². The molecule has 1 aromatic carbocycles. The standard InChI is InChI=1S/C17H13BrN2O2S2/c18-11-7-3-1-5-9(11)15(21)20-16(22)13-10-6-2-4-8-12(10)24-14(13)19-17(20)23/h1,3,5,7H,2,4,6,8H2,(H,19,23). The summed E-state index contributed by atoms with van der Waals surface area (Å²) >= 11 is 10.3. The number of aromatic nitrogens is 2. The third-order valence-corrected chi connectivity index (χ3v) is 6.50. The molecule has 1 aliphatic rings. The molecule has 0 saturated carbocycles. The van der Waals surface area contributed by atoms with Gasteiger partial charge in [-0.05, 0) is 71.5 Å². The second-order valence-electron chi connectivity index (χ2n) is 5.77. The zero-order valence-corrected chi connectivity index (χ0v) is 15.8. The Bertz CT molecular complexity index is 1090. The van der Waals surface area contributed by atoms with Gasteiger partial charge in [-0.15, -0.1) is 11.3 Å². The lowest BCUT2D eigenvalue weighted by Gasteiger charge is -2.10. The van der Waals surface area contributed by atoms with Crippen LogP contribution in [-0.4, -0.2) is 15.5 Å². The number of benzene rings is 1. The predicted molar refractivity (Wildman–Crippen MR) is 102 cm³/mol. The Morgan fingerprint density at radius 1 is 1.25 bits per heavy atom. The van der Waals surface area contributed by atoms with Crippen molar-refractivity contribution >= 4 is 55.6 Å². The Hall–Kier alpha value is -1.57. The molecule has 0 radical (unpaired) electrons. The van der Waals surface area contributed by atoms with E-state index in [0.717, 1.165) is 40.6 Å². The van der Waals surface area contributed by atoms with Crippen molar-refractivity contribution in [1.29, 1.82) is 0 Å². The average molecular weight is 421 g/mol. The zero-order chi connectivity index (χ0) is 16.8. The van der Waals surface area contributed by atoms with Crippen LogP contribution in [-0.2, 0) is 12.8 Å². The number of thiophene rings is 1. The normalized spacial score (nSPS) is 13.9. The number of hydrogen-bond donors (Lipinski definition) is 1. The molecule has 3 aromatic rings. The second kappa shape index (κ2) is 6.06. The molecule has 0 aliphatic heterocycles. The van der Waals surface area contributed by atoms with E-state index in [4.69, 9.17) is 12.2 Å². The van der Waals surface area contributed by atoms with Crippen molar-refractivity contribution in [3.05, 3.63) is 59.9 Å². The molecular formula is C17H13BrN2O2S2. The summed E-state index contributed by atoms with van der Waals surface area (Å²) in [5, 5.41) is 0.628. The molecule has 0 atom stereocenters. The number of fused-ring (bicyclic) bond motifs is 3. The van der Waals surface area contributed by atoms with Crippen molar-refractivity contribution in [3.8, 4) is 0 Å². The van der Waals surface area contributed by atoms with E-state index in [-0.39, 0.29) is 10.3 Å². The summed E-state index contributed by atoms with van der Waals surface area (Å²) in [6, 6.07) is 7.04. The number of carbonyl (C=O) groups excluding carboxylic acids is 1. The number of rotatable bonds is 1. The summed E-state index contributed by atoms with van der Waals surface area (Å²) in [6.07, 6.45) is 4.10. The fraction of sp³-hybridized carbons (Fsp3) is 0.235. The van der Waals surface area contributed by atoms with Gasteiger partial charge in [0, 0.05) is 9.35 Å². The number of aromatic amines is 1. The first-order valence-corrected chi connectivity index (χ1v) is 9.68. The van der Waals surface area contributed by atoms with Gasteiger partial charge in [0.15, 0.2) is 4.77 Å². The molecule has 122 valence electrons. The quantitative estimate of drug-likeness (QED) is 0.591. The highest BCUT2D eigenvalue weighted by molar-refractivity contribution is 9.10. The maximum Gasteiger partial charge on any atom is 0.270 e. The van der Waals surface area contributed by atoms with Crippen LogP contribution < -0.4 is 5.56 Å². The highest BCUT2D eigenvalue weighted by Gasteiger charge is 2.23. The number of H-pyrrole nitrogens is 1. The first kappa shape index (κ1) is 15.9. The molecule has 0 amide bonds. The maximum absolute atomic E-state index is 13.1. The maximum atomic E-state index is 13.1. The van der Waals surface area contributed by atoms with E-state index >= 15 is 0 Å². The number of nitrogens with one attached hydrogen (secondary N) is 1. The van der Waals surface area contributed by atoms with E-state index in [9.17, 15) is 9.59 Å². The van der Waals surface area contributed by atoms with Gasteiger partial charge in [-0.25, -0.2) is 4.57 Å². The van der Waals surface area contributed by atoms with Crippen molar-refractivity contribution < 1.29 is 4.79 Å². The Morgan fingerprint density at radius 3 is 2.79 bits per heavy atom. The van der Waals surface area contributed by atoms with E-state index in [0.29, 0.717) is 15.4 Å². The topological polar surface area (TPSA) is 54.9 Å². The first-order chi connectivity index (χ1) is 11.6. The minimum Gasteiger partial charge on any atom is -0.323 e. The smallest absolute Gasteiger partial charge is 0.270 e. The summed E-state index contributed by atoms with van der Waals surface area (Å²) in [6.45, 7) is 0. The average Bonchev–Trinajstić information content (AvgIpc) is 2.93. The molecule has 0 bridgehead atoms. The lowest BCUT2D eigenvalue weighted by atomic mass is 9.97. The van der Waals surface area contributed by atoms with E-state index in [2.05, 4.69) is 20.9 Å².